The Morgan fingerprint density at radius 3 is 0.675 bits per heavy atom. The summed E-state index contributed by atoms with van der Waals surface area (Å²) in [6.07, 6.45) is 90.7. The van der Waals surface area contributed by atoms with E-state index < -0.39 is 6.10 Å². The van der Waals surface area contributed by atoms with Crippen LogP contribution in [-0.4, -0.2) is 37.2 Å². The standard InChI is InChI=1S/C77H144O6/c1-4-7-10-13-16-19-22-24-26-28-30-32-33-34-35-36-37-38-39-40-41-42-43-44-46-47-49-51-53-55-58-61-64-67-70-76(79)82-73-74(72-81-75(78)69-66-63-60-57-21-18-15-12-9-6-3)83-77(80)71-68-65-62-59-56-54-52-50-48-45-31-29-27-25-23-20-17-14-11-8-5-2/h23,25,29,31,48,50,74H,4-22,24,26-28,30,32-47,49,51-73H2,1-3H3/b25-23-,31-29-,50-48-. The van der Waals surface area contributed by atoms with Gasteiger partial charge in [0.15, 0.2) is 6.10 Å². The minimum absolute atomic E-state index is 0.0723. The molecular formula is C77H144O6. The minimum Gasteiger partial charge on any atom is -0.462 e. The van der Waals surface area contributed by atoms with E-state index in [0.717, 1.165) is 77.0 Å². The third-order valence-corrected chi connectivity index (χ3v) is 17.1. The zero-order valence-corrected chi connectivity index (χ0v) is 56.2. The van der Waals surface area contributed by atoms with Crippen LogP contribution < -0.4 is 0 Å². The van der Waals surface area contributed by atoms with Crippen molar-refractivity contribution in [2.24, 2.45) is 0 Å². The molecule has 0 fully saturated rings. The monoisotopic (exact) mass is 1170 g/mol. The van der Waals surface area contributed by atoms with Crippen LogP contribution in [0.1, 0.15) is 419 Å². The molecule has 0 saturated heterocycles. The second-order valence-corrected chi connectivity index (χ2v) is 25.6. The minimum atomic E-state index is -0.776. The van der Waals surface area contributed by atoms with E-state index in [1.54, 1.807) is 0 Å². The van der Waals surface area contributed by atoms with Gasteiger partial charge in [0.1, 0.15) is 13.2 Å². The highest BCUT2D eigenvalue weighted by Gasteiger charge is 2.20. The lowest BCUT2D eigenvalue weighted by molar-refractivity contribution is -0.167. The van der Waals surface area contributed by atoms with E-state index >= 15 is 0 Å². The highest BCUT2D eigenvalue weighted by molar-refractivity contribution is 5.71. The van der Waals surface area contributed by atoms with Crippen LogP contribution in [0.15, 0.2) is 36.5 Å². The maximum Gasteiger partial charge on any atom is 0.306 e. The second kappa shape index (κ2) is 72.1. The molecule has 0 aromatic carbocycles. The molecule has 0 aliphatic rings. The van der Waals surface area contributed by atoms with Crippen molar-refractivity contribution >= 4 is 17.9 Å². The van der Waals surface area contributed by atoms with Gasteiger partial charge in [-0.1, -0.05) is 378 Å². The zero-order chi connectivity index (χ0) is 59.9. The van der Waals surface area contributed by atoms with Gasteiger partial charge in [0.2, 0.25) is 0 Å². The highest BCUT2D eigenvalue weighted by atomic mass is 16.6. The Balaban J connectivity index is 4.05. The van der Waals surface area contributed by atoms with Gasteiger partial charge in [-0.25, -0.2) is 0 Å². The Bertz CT molecular complexity index is 1380. The number of carbonyl (C=O) groups is 3. The van der Waals surface area contributed by atoms with E-state index in [1.165, 1.54) is 302 Å². The zero-order valence-electron chi connectivity index (χ0n) is 56.2. The summed E-state index contributed by atoms with van der Waals surface area (Å²) in [5.74, 6) is -0.859. The first-order valence-corrected chi connectivity index (χ1v) is 37.5. The fourth-order valence-electron chi connectivity index (χ4n) is 11.5. The van der Waals surface area contributed by atoms with Crippen molar-refractivity contribution in [1.82, 2.24) is 0 Å². The van der Waals surface area contributed by atoms with Gasteiger partial charge in [0.05, 0.1) is 0 Å². The van der Waals surface area contributed by atoms with Crippen LogP contribution in [-0.2, 0) is 28.6 Å². The predicted octanol–water partition coefficient (Wildman–Crippen LogP) is 25.9. The van der Waals surface area contributed by atoms with Crippen LogP contribution in [0.25, 0.3) is 0 Å². The van der Waals surface area contributed by atoms with Crippen LogP contribution in [0, 0.1) is 0 Å². The van der Waals surface area contributed by atoms with Crippen molar-refractivity contribution in [2.45, 2.75) is 425 Å². The summed E-state index contributed by atoms with van der Waals surface area (Å²) < 4.78 is 17.0. The van der Waals surface area contributed by atoms with Crippen molar-refractivity contribution < 1.29 is 28.6 Å². The number of hydrogen-bond acceptors (Lipinski definition) is 6. The summed E-state index contributed by atoms with van der Waals surface area (Å²) in [6, 6.07) is 0. The van der Waals surface area contributed by atoms with Crippen molar-refractivity contribution in [2.75, 3.05) is 13.2 Å². The largest absolute Gasteiger partial charge is 0.462 e. The molecule has 0 amide bonds. The van der Waals surface area contributed by atoms with Gasteiger partial charge in [-0.15, -0.1) is 0 Å². The van der Waals surface area contributed by atoms with Gasteiger partial charge in [0, 0.05) is 19.3 Å². The first-order chi connectivity index (χ1) is 41.0. The molecule has 488 valence electrons. The summed E-state index contributed by atoms with van der Waals surface area (Å²) >= 11 is 0. The third kappa shape index (κ3) is 70.3. The molecule has 0 aromatic heterocycles. The van der Waals surface area contributed by atoms with Gasteiger partial charge in [-0.05, 0) is 57.8 Å². The summed E-state index contributed by atoms with van der Waals surface area (Å²) in [4.78, 5) is 38.3. The van der Waals surface area contributed by atoms with Crippen molar-refractivity contribution in [3.63, 3.8) is 0 Å². The molecule has 1 atom stereocenters. The van der Waals surface area contributed by atoms with Crippen molar-refractivity contribution in [3.05, 3.63) is 36.5 Å². The number of ether oxygens (including phenoxy) is 3. The number of allylic oxidation sites excluding steroid dienone is 6. The van der Waals surface area contributed by atoms with E-state index in [1.807, 2.05) is 0 Å². The van der Waals surface area contributed by atoms with Gasteiger partial charge in [-0.3, -0.25) is 14.4 Å². The number of rotatable bonds is 70. The fraction of sp³-hybridized carbons (Fsp3) is 0.883. The first-order valence-electron chi connectivity index (χ1n) is 37.5. The normalized spacial score (nSPS) is 12.2. The Morgan fingerprint density at radius 2 is 0.434 bits per heavy atom. The van der Waals surface area contributed by atoms with Crippen LogP contribution in [0.5, 0.6) is 0 Å². The summed E-state index contributed by atoms with van der Waals surface area (Å²) in [5, 5.41) is 0. The Morgan fingerprint density at radius 1 is 0.241 bits per heavy atom. The quantitative estimate of drug-likeness (QED) is 0.0261. The smallest absolute Gasteiger partial charge is 0.306 e. The maximum absolute atomic E-state index is 12.9. The third-order valence-electron chi connectivity index (χ3n) is 17.1. The van der Waals surface area contributed by atoms with E-state index in [4.69, 9.17) is 14.2 Å². The predicted molar refractivity (Wildman–Crippen MR) is 362 cm³/mol. The summed E-state index contributed by atoms with van der Waals surface area (Å²) in [5.41, 5.74) is 0. The molecule has 0 N–H and O–H groups in total. The van der Waals surface area contributed by atoms with E-state index in [2.05, 4.69) is 57.2 Å². The number of unbranched alkanes of at least 4 members (excludes halogenated alkanes) is 53. The molecule has 6 heteroatoms. The topological polar surface area (TPSA) is 78.9 Å². The highest BCUT2D eigenvalue weighted by Crippen LogP contribution is 2.19. The van der Waals surface area contributed by atoms with Crippen molar-refractivity contribution in [1.29, 1.82) is 0 Å². The molecule has 0 aliphatic heterocycles. The lowest BCUT2D eigenvalue weighted by Crippen LogP contribution is -2.30. The average Bonchev–Trinajstić information content (AvgIpc) is 3.49. The number of carbonyl (C=O) groups excluding carboxylic acids is 3. The number of esters is 3. The Labute approximate surface area is 518 Å². The van der Waals surface area contributed by atoms with Gasteiger partial charge < -0.3 is 14.2 Å². The molecule has 0 spiro atoms. The lowest BCUT2D eigenvalue weighted by atomic mass is 10.0. The molecule has 1 unspecified atom stereocenters. The molecule has 0 saturated carbocycles. The Kier molecular flexibility index (Phi) is 70.0. The molecule has 83 heavy (non-hydrogen) atoms. The first kappa shape index (κ1) is 80.6. The molecule has 0 heterocycles. The van der Waals surface area contributed by atoms with Crippen LogP contribution in [0.4, 0.5) is 0 Å². The lowest BCUT2D eigenvalue weighted by Gasteiger charge is -2.18. The summed E-state index contributed by atoms with van der Waals surface area (Å²) in [6.45, 7) is 6.68. The molecule has 0 radical (unpaired) electrons. The molecule has 0 aliphatic carbocycles. The van der Waals surface area contributed by atoms with E-state index in [-0.39, 0.29) is 31.1 Å². The van der Waals surface area contributed by atoms with Crippen LogP contribution in [0.2, 0.25) is 0 Å². The fourth-order valence-corrected chi connectivity index (χ4v) is 11.5. The molecular weight excluding hydrogens is 1020 g/mol. The van der Waals surface area contributed by atoms with Crippen LogP contribution in [0.3, 0.4) is 0 Å². The van der Waals surface area contributed by atoms with Crippen molar-refractivity contribution in [3.8, 4) is 0 Å². The summed E-state index contributed by atoms with van der Waals surface area (Å²) in [7, 11) is 0. The molecule has 0 rings (SSSR count). The van der Waals surface area contributed by atoms with Crippen LogP contribution >= 0.6 is 0 Å². The van der Waals surface area contributed by atoms with Gasteiger partial charge in [-0.2, -0.15) is 0 Å². The average molecular weight is 1170 g/mol. The second-order valence-electron chi connectivity index (χ2n) is 25.6. The SMILES string of the molecule is CCCCCCC/C=C\C/C=C\C/C=C\CCCCCCCCC(=O)OC(COC(=O)CCCCCCCCCCCC)COC(=O)CCCCCCCCCCCCCCCCCCCCCCCCCCCCCCCCCCCC. The van der Waals surface area contributed by atoms with Gasteiger partial charge >= 0.3 is 17.9 Å². The number of hydrogen-bond donors (Lipinski definition) is 0. The Hall–Kier alpha value is -2.37. The van der Waals surface area contributed by atoms with E-state index in [0.29, 0.717) is 19.3 Å². The molecule has 0 aromatic rings. The molecule has 0 bridgehead atoms. The van der Waals surface area contributed by atoms with Gasteiger partial charge in [0.25, 0.3) is 0 Å². The molecule has 6 nitrogen and oxygen atoms in total. The van der Waals surface area contributed by atoms with E-state index in [9.17, 15) is 14.4 Å². The maximum atomic E-state index is 12.9.